The van der Waals surface area contributed by atoms with E-state index < -0.39 is 6.10 Å². The Morgan fingerprint density at radius 3 is 2.85 bits per heavy atom. The van der Waals surface area contributed by atoms with E-state index in [9.17, 15) is 5.11 Å². The van der Waals surface area contributed by atoms with E-state index in [1.807, 2.05) is 0 Å². The first-order chi connectivity index (χ1) is 9.60. The first-order valence-electron chi connectivity index (χ1n) is 6.42. The van der Waals surface area contributed by atoms with Gasteiger partial charge in [-0.05, 0) is 59.0 Å². The number of ether oxygens (including phenoxy) is 1. The molecule has 5 heteroatoms. The Labute approximate surface area is 135 Å². The number of hydrogen-bond donors (Lipinski definition) is 1. The fraction of sp³-hybridized carbons (Fsp3) is 0.333. The number of aryl methyl sites for hydroxylation is 2. The predicted octanol–water partition coefficient (Wildman–Crippen LogP) is 4.74. The molecule has 1 aromatic carbocycles. The second kappa shape index (κ2) is 5.68. The van der Waals surface area contributed by atoms with Gasteiger partial charge in [0, 0.05) is 20.3 Å². The second-order valence-corrected chi connectivity index (χ2v) is 7.32. The SMILES string of the molecule is COc1c(Br)cc(Cl)cc1C(O)c1cc2c(s1)CCC2. The Hall–Kier alpha value is -0.550. The van der Waals surface area contributed by atoms with Crippen molar-refractivity contribution in [2.45, 2.75) is 25.4 Å². The predicted molar refractivity (Wildman–Crippen MR) is 86.1 cm³/mol. The van der Waals surface area contributed by atoms with E-state index >= 15 is 0 Å². The molecule has 3 rings (SSSR count). The van der Waals surface area contributed by atoms with Crippen molar-refractivity contribution in [3.05, 3.63) is 48.6 Å². The van der Waals surface area contributed by atoms with Crippen LogP contribution in [0.25, 0.3) is 0 Å². The highest BCUT2D eigenvalue weighted by Gasteiger charge is 2.23. The molecule has 1 aliphatic rings. The average Bonchev–Trinajstić information content (AvgIpc) is 2.97. The summed E-state index contributed by atoms with van der Waals surface area (Å²) in [7, 11) is 1.60. The highest BCUT2D eigenvalue weighted by molar-refractivity contribution is 9.10. The second-order valence-electron chi connectivity index (χ2n) is 4.86. The normalized spacial score (nSPS) is 15.2. The van der Waals surface area contributed by atoms with E-state index in [1.54, 1.807) is 30.6 Å². The first kappa shape index (κ1) is 14.4. The Bertz CT molecular complexity index is 632. The molecule has 1 aromatic heterocycles. The quantitative estimate of drug-likeness (QED) is 0.842. The highest BCUT2D eigenvalue weighted by atomic mass is 79.9. The van der Waals surface area contributed by atoms with Crippen LogP contribution in [-0.2, 0) is 12.8 Å². The average molecular weight is 374 g/mol. The molecule has 0 fully saturated rings. The van der Waals surface area contributed by atoms with Crippen LogP contribution in [0.4, 0.5) is 0 Å². The standard InChI is InChI=1S/C15H14BrClO2S/c1-19-15-10(6-9(17)7-11(15)16)14(18)13-5-8-3-2-4-12(8)20-13/h5-7,14,18H,2-4H2,1H3. The molecule has 1 aliphatic carbocycles. The Morgan fingerprint density at radius 2 is 2.15 bits per heavy atom. The number of benzene rings is 1. The molecule has 0 saturated heterocycles. The number of aliphatic hydroxyl groups is 1. The van der Waals surface area contributed by atoms with Crippen molar-refractivity contribution in [3.63, 3.8) is 0 Å². The lowest BCUT2D eigenvalue weighted by molar-refractivity contribution is 0.218. The van der Waals surface area contributed by atoms with Crippen LogP contribution in [0.1, 0.15) is 33.4 Å². The lowest BCUT2D eigenvalue weighted by Gasteiger charge is -2.15. The van der Waals surface area contributed by atoms with Gasteiger partial charge in [0.05, 0.1) is 11.6 Å². The summed E-state index contributed by atoms with van der Waals surface area (Å²) in [6, 6.07) is 5.65. The largest absolute Gasteiger partial charge is 0.495 e. The smallest absolute Gasteiger partial charge is 0.139 e. The van der Waals surface area contributed by atoms with Crippen molar-refractivity contribution in [2.75, 3.05) is 7.11 Å². The van der Waals surface area contributed by atoms with Gasteiger partial charge in [-0.15, -0.1) is 11.3 Å². The van der Waals surface area contributed by atoms with Gasteiger partial charge in [0.2, 0.25) is 0 Å². The molecule has 0 bridgehead atoms. The number of methoxy groups -OCH3 is 1. The fourth-order valence-corrected chi connectivity index (χ4v) is 4.90. The third kappa shape index (κ3) is 2.50. The van der Waals surface area contributed by atoms with Crippen LogP contribution in [0.3, 0.4) is 0 Å². The molecule has 0 spiro atoms. The maximum Gasteiger partial charge on any atom is 0.139 e. The molecule has 1 unspecified atom stereocenters. The molecule has 0 amide bonds. The Balaban J connectivity index is 2.03. The molecule has 1 heterocycles. The van der Waals surface area contributed by atoms with Crippen molar-refractivity contribution >= 4 is 38.9 Å². The minimum atomic E-state index is -0.699. The number of halogens is 2. The van der Waals surface area contributed by atoms with Crippen molar-refractivity contribution in [1.29, 1.82) is 0 Å². The molecular formula is C15H14BrClO2S. The van der Waals surface area contributed by atoms with Crippen LogP contribution in [0.5, 0.6) is 5.75 Å². The summed E-state index contributed by atoms with van der Waals surface area (Å²) in [4.78, 5) is 2.36. The molecule has 2 aromatic rings. The third-order valence-corrected chi connectivity index (χ3v) is 5.67. The van der Waals surface area contributed by atoms with E-state index in [2.05, 4.69) is 22.0 Å². The van der Waals surface area contributed by atoms with Gasteiger partial charge in [-0.1, -0.05) is 11.6 Å². The fourth-order valence-electron chi connectivity index (χ4n) is 2.64. The van der Waals surface area contributed by atoms with Gasteiger partial charge in [0.15, 0.2) is 0 Å². The molecule has 1 N–H and O–H groups in total. The number of rotatable bonds is 3. The molecule has 0 radical (unpaired) electrons. The van der Waals surface area contributed by atoms with Crippen LogP contribution in [0.15, 0.2) is 22.7 Å². The zero-order valence-electron chi connectivity index (χ0n) is 11.0. The van der Waals surface area contributed by atoms with Gasteiger partial charge in [-0.25, -0.2) is 0 Å². The molecular weight excluding hydrogens is 360 g/mol. The maximum absolute atomic E-state index is 10.7. The van der Waals surface area contributed by atoms with Crippen molar-refractivity contribution in [1.82, 2.24) is 0 Å². The summed E-state index contributed by atoms with van der Waals surface area (Å²) in [5.41, 5.74) is 2.08. The van der Waals surface area contributed by atoms with E-state index in [1.165, 1.54) is 16.9 Å². The summed E-state index contributed by atoms with van der Waals surface area (Å²) in [6.07, 6.45) is 2.78. The van der Waals surface area contributed by atoms with Crippen LogP contribution in [0.2, 0.25) is 5.02 Å². The van der Waals surface area contributed by atoms with Crippen LogP contribution in [-0.4, -0.2) is 12.2 Å². The summed E-state index contributed by atoms with van der Waals surface area (Å²) in [5, 5.41) is 11.2. The number of fused-ring (bicyclic) bond motifs is 1. The van der Waals surface area contributed by atoms with Gasteiger partial charge in [-0.3, -0.25) is 0 Å². The summed E-state index contributed by atoms with van der Waals surface area (Å²) < 4.78 is 6.15. The van der Waals surface area contributed by atoms with Gasteiger partial charge in [0.25, 0.3) is 0 Å². The summed E-state index contributed by atoms with van der Waals surface area (Å²) >= 11 is 11.2. The van der Waals surface area contributed by atoms with E-state index in [4.69, 9.17) is 16.3 Å². The van der Waals surface area contributed by atoms with Gasteiger partial charge in [-0.2, -0.15) is 0 Å². The highest BCUT2D eigenvalue weighted by Crippen LogP contribution is 2.41. The van der Waals surface area contributed by atoms with Crippen LogP contribution in [0, 0.1) is 0 Å². The zero-order valence-corrected chi connectivity index (χ0v) is 14.1. The minimum absolute atomic E-state index is 0.579. The molecule has 1 atom stereocenters. The van der Waals surface area contributed by atoms with Crippen molar-refractivity contribution in [2.24, 2.45) is 0 Å². The monoisotopic (exact) mass is 372 g/mol. The zero-order chi connectivity index (χ0) is 14.3. The maximum atomic E-state index is 10.7. The lowest BCUT2D eigenvalue weighted by atomic mass is 10.1. The van der Waals surface area contributed by atoms with Crippen LogP contribution >= 0.6 is 38.9 Å². The molecule has 20 heavy (non-hydrogen) atoms. The molecule has 106 valence electrons. The number of aliphatic hydroxyl groups excluding tert-OH is 1. The molecule has 0 saturated carbocycles. The topological polar surface area (TPSA) is 29.5 Å². The van der Waals surface area contributed by atoms with E-state index in [0.717, 1.165) is 22.2 Å². The van der Waals surface area contributed by atoms with E-state index in [-0.39, 0.29) is 0 Å². The Morgan fingerprint density at radius 1 is 1.35 bits per heavy atom. The molecule has 0 aliphatic heterocycles. The number of thiophene rings is 1. The lowest BCUT2D eigenvalue weighted by Crippen LogP contribution is -2.01. The van der Waals surface area contributed by atoms with Gasteiger partial charge >= 0.3 is 0 Å². The minimum Gasteiger partial charge on any atom is -0.495 e. The number of hydrogen-bond acceptors (Lipinski definition) is 3. The van der Waals surface area contributed by atoms with Crippen molar-refractivity contribution < 1.29 is 9.84 Å². The third-order valence-electron chi connectivity index (χ3n) is 3.57. The molecule has 2 nitrogen and oxygen atoms in total. The summed E-state index contributed by atoms with van der Waals surface area (Å²) in [5.74, 6) is 0.635. The Kier molecular flexibility index (Phi) is 4.09. The van der Waals surface area contributed by atoms with E-state index in [0.29, 0.717) is 16.3 Å². The van der Waals surface area contributed by atoms with Crippen molar-refractivity contribution in [3.8, 4) is 5.75 Å². The van der Waals surface area contributed by atoms with Gasteiger partial charge in [0.1, 0.15) is 11.9 Å². The van der Waals surface area contributed by atoms with Crippen LogP contribution < -0.4 is 4.74 Å². The summed E-state index contributed by atoms with van der Waals surface area (Å²) in [6.45, 7) is 0. The first-order valence-corrected chi connectivity index (χ1v) is 8.41. The van der Waals surface area contributed by atoms with Gasteiger partial charge < -0.3 is 9.84 Å².